The minimum Gasteiger partial charge on any atom is -0.313 e. The molecule has 0 amide bonds. The first kappa shape index (κ1) is 15.0. The lowest BCUT2D eigenvalue weighted by atomic mass is 9.79. The second-order valence-corrected chi connectivity index (χ2v) is 8.87. The summed E-state index contributed by atoms with van der Waals surface area (Å²) in [5.41, 5.74) is 2.74. The Labute approximate surface area is 128 Å². The van der Waals surface area contributed by atoms with E-state index in [4.69, 9.17) is 0 Å². The number of hydrogen-bond acceptors (Lipinski definition) is 3. The lowest BCUT2D eigenvalue weighted by Crippen LogP contribution is -2.20. The van der Waals surface area contributed by atoms with Crippen LogP contribution >= 0.6 is 0 Å². The molecule has 2 unspecified atom stereocenters. The van der Waals surface area contributed by atoms with Crippen LogP contribution in [0.2, 0.25) is 0 Å². The minimum absolute atomic E-state index is 0.263. The molecule has 1 N–H and O–H groups in total. The fourth-order valence-electron chi connectivity index (χ4n) is 3.55. The molecule has 3 rings (SSSR count). The highest BCUT2D eigenvalue weighted by molar-refractivity contribution is 7.91. The largest absolute Gasteiger partial charge is 0.313 e. The Kier molecular flexibility index (Phi) is 4.36. The minimum atomic E-state index is -2.77. The number of benzene rings is 1. The van der Waals surface area contributed by atoms with Crippen LogP contribution in [0.1, 0.15) is 55.2 Å². The first-order valence-corrected chi connectivity index (χ1v) is 9.87. The van der Waals surface area contributed by atoms with Crippen molar-refractivity contribution in [1.29, 1.82) is 0 Å². The van der Waals surface area contributed by atoms with E-state index < -0.39 is 9.84 Å². The molecule has 1 aliphatic heterocycles. The van der Waals surface area contributed by atoms with Crippen molar-refractivity contribution in [3.8, 4) is 0 Å². The van der Waals surface area contributed by atoms with E-state index in [0.717, 1.165) is 18.8 Å². The fraction of sp³-hybridized carbons (Fsp3) is 0.647. The summed E-state index contributed by atoms with van der Waals surface area (Å²) in [4.78, 5) is 0. The van der Waals surface area contributed by atoms with Gasteiger partial charge in [-0.3, -0.25) is 0 Å². The molecule has 0 bridgehead atoms. The molecule has 1 aliphatic carbocycles. The molecule has 1 saturated carbocycles. The SMILES string of the molecule is CNC(CC1CCS(=O)(=O)C1)c1ccc(C2CCC2)cc1. The van der Waals surface area contributed by atoms with Crippen LogP contribution in [0.5, 0.6) is 0 Å². The van der Waals surface area contributed by atoms with Crippen molar-refractivity contribution in [2.24, 2.45) is 5.92 Å². The molecule has 1 saturated heterocycles. The third kappa shape index (κ3) is 3.49. The van der Waals surface area contributed by atoms with Gasteiger partial charge in [-0.1, -0.05) is 30.7 Å². The first-order chi connectivity index (χ1) is 10.1. The van der Waals surface area contributed by atoms with Gasteiger partial charge in [0.1, 0.15) is 0 Å². The van der Waals surface area contributed by atoms with Gasteiger partial charge in [0.15, 0.2) is 9.84 Å². The maximum atomic E-state index is 11.6. The van der Waals surface area contributed by atoms with E-state index in [1.165, 1.54) is 30.4 Å². The molecule has 3 nitrogen and oxygen atoms in total. The molecule has 4 heteroatoms. The highest BCUT2D eigenvalue weighted by Crippen LogP contribution is 2.37. The molecule has 2 aliphatic rings. The standard InChI is InChI=1S/C17H25NO2S/c1-18-17(11-13-9-10-21(19,20)12-13)16-7-5-15(6-8-16)14-3-2-4-14/h5-8,13-14,17-18H,2-4,9-12H2,1H3. The van der Waals surface area contributed by atoms with Gasteiger partial charge in [-0.2, -0.15) is 0 Å². The fourth-order valence-corrected chi connectivity index (χ4v) is 5.43. The summed E-state index contributed by atoms with van der Waals surface area (Å²) in [5.74, 6) is 1.81. The van der Waals surface area contributed by atoms with Gasteiger partial charge in [-0.25, -0.2) is 8.42 Å². The van der Waals surface area contributed by atoms with E-state index in [0.29, 0.717) is 17.4 Å². The van der Waals surface area contributed by atoms with Crippen molar-refractivity contribution in [1.82, 2.24) is 5.32 Å². The van der Waals surface area contributed by atoms with Crippen LogP contribution in [0.3, 0.4) is 0 Å². The smallest absolute Gasteiger partial charge is 0.150 e. The molecule has 0 aromatic heterocycles. The first-order valence-electron chi connectivity index (χ1n) is 8.05. The number of hydrogen-bond donors (Lipinski definition) is 1. The van der Waals surface area contributed by atoms with Crippen molar-refractivity contribution >= 4 is 9.84 Å². The van der Waals surface area contributed by atoms with Gasteiger partial charge in [-0.05, 0) is 55.7 Å². The summed E-state index contributed by atoms with van der Waals surface area (Å²) in [6, 6.07) is 9.22. The van der Waals surface area contributed by atoms with Gasteiger partial charge in [-0.15, -0.1) is 0 Å². The summed E-state index contributed by atoms with van der Waals surface area (Å²) in [5, 5.41) is 3.35. The van der Waals surface area contributed by atoms with Crippen LogP contribution in [-0.2, 0) is 9.84 Å². The monoisotopic (exact) mass is 307 g/mol. The molecule has 0 spiro atoms. The van der Waals surface area contributed by atoms with E-state index in [-0.39, 0.29) is 6.04 Å². The molecule has 2 fully saturated rings. The Morgan fingerprint density at radius 3 is 2.38 bits per heavy atom. The van der Waals surface area contributed by atoms with Gasteiger partial charge >= 0.3 is 0 Å². The van der Waals surface area contributed by atoms with Crippen LogP contribution in [0.4, 0.5) is 0 Å². The van der Waals surface area contributed by atoms with Crippen LogP contribution in [0, 0.1) is 5.92 Å². The zero-order valence-electron chi connectivity index (χ0n) is 12.7. The van der Waals surface area contributed by atoms with Crippen molar-refractivity contribution in [2.45, 2.75) is 44.1 Å². The van der Waals surface area contributed by atoms with E-state index in [1.807, 2.05) is 7.05 Å². The quantitative estimate of drug-likeness (QED) is 0.909. The predicted octanol–water partition coefficient (Wildman–Crippen LogP) is 3.04. The van der Waals surface area contributed by atoms with Crippen molar-refractivity contribution in [2.75, 3.05) is 18.6 Å². The Hall–Kier alpha value is -0.870. The van der Waals surface area contributed by atoms with Gasteiger partial charge in [0.05, 0.1) is 11.5 Å². The van der Waals surface area contributed by atoms with Crippen LogP contribution < -0.4 is 5.32 Å². The van der Waals surface area contributed by atoms with E-state index in [1.54, 1.807) is 0 Å². The third-order valence-corrected chi connectivity index (χ3v) is 7.00. The summed E-state index contributed by atoms with van der Waals surface area (Å²) >= 11 is 0. The van der Waals surface area contributed by atoms with Crippen LogP contribution in [0.15, 0.2) is 24.3 Å². The Morgan fingerprint density at radius 2 is 1.90 bits per heavy atom. The normalized spacial score (nSPS) is 26.4. The molecular weight excluding hydrogens is 282 g/mol. The molecular formula is C17H25NO2S. The maximum absolute atomic E-state index is 11.6. The van der Waals surface area contributed by atoms with Gasteiger partial charge in [0.2, 0.25) is 0 Å². The number of sulfone groups is 1. The maximum Gasteiger partial charge on any atom is 0.150 e. The summed E-state index contributed by atoms with van der Waals surface area (Å²) in [6.07, 6.45) is 5.75. The molecule has 116 valence electrons. The van der Waals surface area contributed by atoms with E-state index in [2.05, 4.69) is 29.6 Å². The molecule has 1 aromatic carbocycles. The van der Waals surface area contributed by atoms with Crippen LogP contribution in [-0.4, -0.2) is 27.0 Å². The highest BCUT2D eigenvalue weighted by atomic mass is 32.2. The number of nitrogens with one attached hydrogen (secondary N) is 1. The molecule has 1 heterocycles. The lowest BCUT2D eigenvalue weighted by molar-refractivity contribution is 0.418. The topological polar surface area (TPSA) is 46.2 Å². The van der Waals surface area contributed by atoms with Crippen LogP contribution in [0.25, 0.3) is 0 Å². The highest BCUT2D eigenvalue weighted by Gasteiger charge is 2.30. The molecule has 21 heavy (non-hydrogen) atoms. The predicted molar refractivity (Wildman–Crippen MR) is 86.2 cm³/mol. The van der Waals surface area contributed by atoms with Gasteiger partial charge < -0.3 is 5.32 Å². The average Bonchev–Trinajstić information content (AvgIpc) is 2.74. The zero-order valence-corrected chi connectivity index (χ0v) is 13.5. The summed E-state index contributed by atoms with van der Waals surface area (Å²) in [7, 11) is -0.807. The molecule has 2 atom stereocenters. The Balaban J connectivity index is 1.65. The Morgan fingerprint density at radius 1 is 1.19 bits per heavy atom. The number of rotatable bonds is 5. The average molecular weight is 307 g/mol. The zero-order chi connectivity index (χ0) is 14.9. The van der Waals surface area contributed by atoms with Crippen molar-refractivity contribution in [3.63, 3.8) is 0 Å². The van der Waals surface area contributed by atoms with Gasteiger partial charge in [0, 0.05) is 6.04 Å². The third-order valence-electron chi connectivity index (χ3n) is 5.16. The second kappa shape index (κ2) is 6.09. The van der Waals surface area contributed by atoms with Crippen molar-refractivity contribution in [3.05, 3.63) is 35.4 Å². The lowest BCUT2D eigenvalue weighted by Gasteiger charge is -2.26. The molecule has 0 radical (unpaired) electrons. The van der Waals surface area contributed by atoms with Crippen molar-refractivity contribution < 1.29 is 8.42 Å². The summed E-state index contributed by atoms with van der Waals surface area (Å²) < 4.78 is 23.2. The molecule has 1 aromatic rings. The van der Waals surface area contributed by atoms with E-state index in [9.17, 15) is 8.42 Å². The Bertz CT molecular complexity index is 575. The van der Waals surface area contributed by atoms with Gasteiger partial charge in [0.25, 0.3) is 0 Å². The van der Waals surface area contributed by atoms with E-state index >= 15 is 0 Å². The summed E-state index contributed by atoms with van der Waals surface area (Å²) in [6.45, 7) is 0. The second-order valence-electron chi connectivity index (χ2n) is 6.64.